The van der Waals surface area contributed by atoms with Crippen LogP contribution in [-0.2, 0) is 4.79 Å². The van der Waals surface area contributed by atoms with Crippen molar-refractivity contribution in [3.8, 4) is 0 Å². The molecule has 0 aromatic heterocycles. The zero-order valence-corrected chi connectivity index (χ0v) is 9.71. The van der Waals surface area contributed by atoms with Gasteiger partial charge in [0, 0.05) is 18.5 Å². The molecule has 1 fully saturated rings. The highest BCUT2D eigenvalue weighted by molar-refractivity contribution is 5.74. The Morgan fingerprint density at radius 2 is 1.94 bits per heavy atom. The molecule has 2 amide bonds. The molecule has 0 aromatic rings. The Morgan fingerprint density at radius 3 is 2.50 bits per heavy atom. The molecule has 0 radical (unpaired) electrons. The van der Waals surface area contributed by atoms with Gasteiger partial charge in [-0.2, -0.15) is 0 Å². The van der Waals surface area contributed by atoms with Crippen LogP contribution in [0, 0.1) is 0 Å². The van der Waals surface area contributed by atoms with E-state index in [1.54, 1.807) is 0 Å². The molecule has 0 aliphatic heterocycles. The molecule has 0 heterocycles. The van der Waals surface area contributed by atoms with Gasteiger partial charge in [-0.3, -0.25) is 4.79 Å². The fourth-order valence-corrected chi connectivity index (χ4v) is 2.04. The summed E-state index contributed by atoms with van der Waals surface area (Å²) in [5.41, 5.74) is -0.0725. The summed E-state index contributed by atoms with van der Waals surface area (Å²) >= 11 is 0. The molecule has 3 N–H and O–H groups in total. The van der Waals surface area contributed by atoms with Gasteiger partial charge in [0.15, 0.2) is 0 Å². The fraction of sp³-hybridized carbons (Fsp3) is 0.818. The van der Waals surface area contributed by atoms with E-state index in [1.165, 1.54) is 0 Å². The highest BCUT2D eigenvalue weighted by atomic mass is 16.4. The van der Waals surface area contributed by atoms with Crippen molar-refractivity contribution in [1.82, 2.24) is 10.6 Å². The van der Waals surface area contributed by atoms with E-state index in [4.69, 9.17) is 5.11 Å². The van der Waals surface area contributed by atoms with Crippen molar-refractivity contribution in [3.63, 3.8) is 0 Å². The van der Waals surface area contributed by atoms with Gasteiger partial charge in [0.1, 0.15) is 0 Å². The summed E-state index contributed by atoms with van der Waals surface area (Å²) in [7, 11) is 0. The quantitative estimate of drug-likeness (QED) is 0.624. The summed E-state index contributed by atoms with van der Waals surface area (Å²) < 4.78 is 0. The molecule has 0 spiro atoms. The largest absolute Gasteiger partial charge is 0.481 e. The van der Waals surface area contributed by atoms with Gasteiger partial charge >= 0.3 is 12.0 Å². The number of rotatable bonds is 5. The first kappa shape index (κ1) is 12.8. The van der Waals surface area contributed by atoms with Gasteiger partial charge in [-0.25, -0.2) is 4.79 Å². The first-order valence-electron chi connectivity index (χ1n) is 5.80. The first-order valence-corrected chi connectivity index (χ1v) is 5.80. The van der Waals surface area contributed by atoms with Crippen LogP contribution in [0.3, 0.4) is 0 Å². The number of hydrogen-bond donors (Lipinski definition) is 3. The SMILES string of the molecule is CC1(NC(=O)NCCCC(=O)O)CCCC1. The van der Waals surface area contributed by atoms with Crippen molar-refractivity contribution in [2.24, 2.45) is 0 Å². The maximum absolute atomic E-state index is 11.5. The van der Waals surface area contributed by atoms with Crippen molar-refractivity contribution in [3.05, 3.63) is 0 Å². The van der Waals surface area contributed by atoms with Crippen molar-refractivity contribution >= 4 is 12.0 Å². The molecule has 16 heavy (non-hydrogen) atoms. The zero-order chi connectivity index (χ0) is 12.0. The number of hydrogen-bond acceptors (Lipinski definition) is 2. The minimum absolute atomic E-state index is 0.0725. The molecule has 5 heteroatoms. The van der Waals surface area contributed by atoms with E-state index in [2.05, 4.69) is 17.6 Å². The predicted octanol–water partition coefficient (Wildman–Crippen LogP) is 1.48. The molecule has 0 aromatic carbocycles. The first-order chi connectivity index (χ1) is 7.52. The van der Waals surface area contributed by atoms with Crippen LogP contribution >= 0.6 is 0 Å². The van der Waals surface area contributed by atoms with Crippen molar-refractivity contribution in [1.29, 1.82) is 0 Å². The summed E-state index contributed by atoms with van der Waals surface area (Å²) in [5.74, 6) is -0.829. The lowest BCUT2D eigenvalue weighted by molar-refractivity contribution is -0.137. The van der Waals surface area contributed by atoms with Crippen molar-refractivity contribution < 1.29 is 14.7 Å². The smallest absolute Gasteiger partial charge is 0.315 e. The number of carboxylic acid groups (broad SMARTS) is 1. The van der Waals surface area contributed by atoms with Crippen LogP contribution in [0.4, 0.5) is 4.79 Å². The van der Waals surface area contributed by atoms with Crippen LogP contribution in [0.15, 0.2) is 0 Å². The zero-order valence-electron chi connectivity index (χ0n) is 9.71. The molecule has 1 aliphatic carbocycles. The maximum Gasteiger partial charge on any atom is 0.315 e. The van der Waals surface area contributed by atoms with Gasteiger partial charge in [-0.05, 0) is 26.2 Å². The Morgan fingerprint density at radius 1 is 1.31 bits per heavy atom. The highest BCUT2D eigenvalue weighted by Crippen LogP contribution is 2.28. The normalized spacial score (nSPS) is 18.1. The van der Waals surface area contributed by atoms with E-state index in [1.807, 2.05) is 0 Å². The van der Waals surface area contributed by atoms with E-state index in [9.17, 15) is 9.59 Å². The summed E-state index contributed by atoms with van der Waals surface area (Å²) in [6.45, 7) is 2.46. The number of carbonyl (C=O) groups is 2. The summed E-state index contributed by atoms with van der Waals surface area (Å²) in [4.78, 5) is 21.7. The standard InChI is InChI=1S/C11H20N2O3/c1-11(6-2-3-7-11)13-10(16)12-8-4-5-9(14)15/h2-8H2,1H3,(H,14,15)(H2,12,13,16). The van der Waals surface area contributed by atoms with Gasteiger partial charge in [-0.1, -0.05) is 12.8 Å². The molecular weight excluding hydrogens is 208 g/mol. The number of aliphatic carboxylic acids is 1. The van der Waals surface area contributed by atoms with Gasteiger partial charge < -0.3 is 15.7 Å². The second kappa shape index (κ2) is 5.72. The van der Waals surface area contributed by atoms with E-state index in [0.29, 0.717) is 13.0 Å². The molecule has 1 saturated carbocycles. The van der Waals surface area contributed by atoms with Crippen LogP contribution in [0.1, 0.15) is 45.4 Å². The van der Waals surface area contributed by atoms with Crippen molar-refractivity contribution in [2.45, 2.75) is 51.0 Å². The molecule has 0 saturated heterocycles. The molecule has 1 rings (SSSR count). The second-order valence-corrected chi connectivity index (χ2v) is 4.65. The van der Waals surface area contributed by atoms with Crippen LogP contribution in [0.5, 0.6) is 0 Å². The molecular formula is C11H20N2O3. The van der Waals surface area contributed by atoms with E-state index in [-0.39, 0.29) is 18.0 Å². The third-order valence-electron chi connectivity index (χ3n) is 2.98. The topological polar surface area (TPSA) is 78.4 Å². The minimum atomic E-state index is -0.829. The highest BCUT2D eigenvalue weighted by Gasteiger charge is 2.29. The number of urea groups is 1. The van der Waals surface area contributed by atoms with Gasteiger partial charge in [0.25, 0.3) is 0 Å². The Bertz CT molecular complexity index is 260. The number of nitrogens with one attached hydrogen (secondary N) is 2. The average Bonchev–Trinajstić information content (AvgIpc) is 2.59. The Labute approximate surface area is 95.6 Å². The Balaban J connectivity index is 2.13. The second-order valence-electron chi connectivity index (χ2n) is 4.65. The predicted molar refractivity (Wildman–Crippen MR) is 60.3 cm³/mol. The lowest BCUT2D eigenvalue weighted by Gasteiger charge is -2.25. The van der Waals surface area contributed by atoms with Crippen LogP contribution in [0.25, 0.3) is 0 Å². The van der Waals surface area contributed by atoms with Crippen LogP contribution in [0.2, 0.25) is 0 Å². The average molecular weight is 228 g/mol. The van der Waals surface area contributed by atoms with E-state index < -0.39 is 5.97 Å². The molecule has 1 aliphatic rings. The molecule has 0 bridgehead atoms. The number of carboxylic acids is 1. The monoisotopic (exact) mass is 228 g/mol. The lowest BCUT2D eigenvalue weighted by Crippen LogP contribution is -2.48. The summed E-state index contributed by atoms with van der Waals surface area (Å²) in [6.07, 6.45) is 4.94. The van der Waals surface area contributed by atoms with Crippen LogP contribution in [-0.4, -0.2) is 29.2 Å². The fourth-order valence-electron chi connectivity index (χ4n) is 2.04. The number of carbonyl (C=O) groups excluding carboxylic acids is 1. The van der Waals surface area contributed by atoms with Gasteiger partial charge in [0.2, 0.25) is 0 Å². The van der Waals surface area contributed by atoms with E-state index in [0.717, 1.165) is 25.7 Å². The Hall–Kier alpha value is -1.26. The molecule has 5 nitrogen and oxygen atoms in total. The van der Waals surface area contributed by atoms with Gasteiger partial charge in [0.05, 0.1) is 0 Å². The minimum Gasteiger partial charge on any atom is -0.481 e. The summed E-state index contributed by atoms with van der Waals surface area (Å²) in [6, 6.07) is -0.185. The summed E-state index contributed by atoms with van der Waals surface area (Å²) in [5, 5.41) is 14.0. The van der Waals surface area contributed by atoms with E-state index >= 15 is 0 Å². The van der Waals surface area contributed by atoms with Crippen LogP contribution < -0.4 is 10.6 Å². The van der Waals surface area contributed by atoms with Crippen molar-refractivity contribution in [2.75, 3.05) is 6.54 Å². The Kier molecular flexibility index (Phi) is 4.58. The molecule has 92 valence electrons. The lowest BCUT2D eigenvalue weighted by atomic mass is 10.0. The third-order valence-corrected chi connectivity index (χ3v) is 2.98. The third kappa shape index (κ3) is 4.51. The maximum atomic E-state index is 11.5. The molecule has 0 unspecified atom stereocenters. The van der Waals surface area contributed by atoms with Gasteiger partial charge in [-0.15, -0.1) is 0 Å². The molecule has 0 atom stereocenters. The number of amides is 2.